The Morgan fingerprint density at radius 3 is 1.93 bits per heavy atom. The summed E-state index contributed by atoms with van der Waals surface area (Å²) < 4.78 is 8.70. The van der Waals surface area contributed by atoms with Crippen molar-refractivity contribution in [3.8, 4) is 5.75 Å². The highest BCUT2D eigenvalue weighted by Crippen LogP contribution is 2.40. The Labute approximate surface area is 252 Å². The molecule has 0 bridgehead atoms. The van der Waals surface area contributed by atoms with Crippen LogP contribution in [-0.2, 0) is 28.7 Å². The first kappa shape index (κ1) is 31.9. The molecule has 218 valence electrons. The van der Waals surface area contributed by atoms with Crippen LogP contribution in [0.3, 0.4) is 0 Å². The van der Waals surface area contributed by atoms with Crippen molar-refractivity contribution in [2.75, 3.05) is 6.61 Å². The summed E-state index contributed by atoms with van der Waals surface area (Å²) in [7, 11) is 0. The molecule has 0 amide bonds. The Balaban J connectivity index is 0.00000462. The minimum Gasteiger partial charge on any atom is -0.507 e. The SMILES string of the molecule is Br.CCOC(=O)c1cccc(Cn2c(=N)n(CC(=O)c3cc(C(C)(C)C)c(O)c(C(C)(C)C)c3)c3ccccc32)c1. The Bertz CT molecular complexity index is 1620. The number of aromatic hydroxyl groups is 1. The van der Waals surface area contributed by atoms with Crippen LogP contribution >= 0.6 is 17.0 Å². The van der Waals surface area contributed by atoms with Crippen LogP contribution in [0.2, 0.25) is 0 Å². The van der Waals surface area contributed by atoms with Crippen LogP contribution in [0.5, 0.6) is 5.75 Å². The summed E-state index contributed by atoms with van der Waals surface area (Å²) in [5.41, 5.74) is 4.33. The number of Topliss-reactive ketones (excluding diaryl/α,β-unsaturated/α-hetero) is 1. The Hall–Kier alpha value is -3.65. The summed E-state index contributed by atoms with van der Waals surface area (Å²) >= 11 is 0. The fourth-order valence-electron chi connectivity index (χ4n) is 4.98. The Morgan fingerprint density at radius 2 is 1.39 bits per heavy atom. The second-order valence-corrected chi connectivity index (χ2v) is 12.2. The number of para-hydroxylation sites is 2. The van der Waals surface area contributed by atoms with Gasteiger partial charge in [0, 0.05) is 16.7 Å². The van der Waals surface area contributed by atoms with Gasteiger partial charge in [-0.05, 0) is 59.7 Å². The fourth-order valence-corrected chi connectivity index (χ4v) is 4.98. The van der Waals surface area contributed by atoms with E-state index < -0.39 is 0 Å². The molecule has 0 fully saturated rings. The lowest BCUT2D eigenvalue weighted by molar-refractivity contribution is 0.0526. The molecule has 1 aromatic heterocycles. The van der Waals surface area contributed by atoms with Gasteiger partial charge < -0.3 is 19.0 Å². The van der Waals surface area contributed by atoms with Crippen molar-refractivity contribution in [3.63, 3.8) is 0 Å². The first-order valence-electron chi connectivity index (χ1n) is 13.6. The zero-order chi connectivity index (χ0) is 29.4. The van der Waals surface area contributed by atoms with Crippen LogP contribution in [0, 0.1) is 5.41 Å². The maximum absolute atomic E-state index is 13.8. The van der Waals surface area contributed by atoms with Crippen LogP contribution in [0.15, 0.2) is 60.7 Å². The van der Waals surface area contributed by atoms with Gasteiger partial charge in [0.25, 0.3) is 0 Å². The van der Waals surface area contributed by atoms with Crippen molar-refractivity contribution in [2.24, 2.45) is 0 Å². The molecule has 0 atom stereocenters. The molecule has 4 aromatic rings. The quantitative estimate of drug-likeness (QED) is 0.173. The van der Waals surface area contributed by atoms with Gasteiger partial charge in [-0.2, -0.15) is 0 Å². The molecule has 0 aliphatic carbocycles. The van der Waals surface area contributed by atoms with Gasteiger partial charge in [0.05, 0.1) is 36.3 Å². The third kappa shape index (κ3) is 6.64. The summed E-state index contributed by atoms with van der Waals surface area (Å²) in [5.74, 6) is -0.291. The number of hydrogen-bond donors (Lipinski definition) is 2. The summed E-state index contributed by atoms with van der Waals surface area (Å²) in [5, 5.41) is 20.1. The highest BCUT2D eigenvalue weighted by Gasteiger charge is 2.28. The van der Waals surface area contributed by atoms with Gasteiger partial charge in [-0.3, -0.25) is 10.2 Å². The molecule has 0 aliphatic rings. The Kier molecular flexibility index (Phi) is 9.38. The van der Waals surface area contributed by atoms with E-state index in [9.17, 15) is 14.7 Å². The zero-order valence-electron chi connectivity index (χ0n) is 24.9. The van der Waals surface area contributed by atoms with Gasteiger partial charge in [0.1, 0.15) is 5.75 Å². The maximum atomic E-state index is 13.8. The summed E-state index contributed by atoms with van der Waals surface area (Å²) in [6.07, 6.45) is 0. The molecule has 1 heterocycles. The summed E-state index contributed by atoms with van der Waals surface area (Å²) in [6.45, 7) is 14.5. The molecule has 7 nitrogen and oxygen atoms in total. The molecular formula is C33H40BrN3O4. The fraction of sp³-hybridized carbons (Fsp3) is 0.364. The zero-order valence-corrected chi connectivity index (χ0v) is 26.6. The molecular weight excluding hydrogens is 582 g/mol. The van der Waals surface area contributed by atoms with E-state index in [1.54, 1.807) is 41.8 Å². The minimum absolute atomic E-state index is 0. The predicted octanol–water partition coefficient (Wildman–Crippen LogP) is 6.91. The molecule has 3 aromatic carbocycles. The summed E-state index contributed by atoms with van der Waals surface area (Å²) in [6, 6.07) is 18.4. The maximum Gasteiger partial charge on any atom is 0.338 e. The van der Waals surface area contributed by atoms with Gasteiger partial charge in [0.2, 0.25) is 5.62 Å². The lowest BCUT2D eigenvalue weighted by Gasteiger charge is -2.28. The third-order valence-electron chi connectivity index (χ3n) is 7.10. The van der Waals surface area contributed by atoms with Gasteiger partial charge in [0.15, 0.2) is 5.78 Å². The second-order valence-electron chi connectivity index (χ2n) is 12.2. The highest BCUT2D eigenvalue weighted by molar-refractivity contribution is 8.93. The molecule has 0 unspecified atom stereocenters. The number of hydrogen-bond acceptors (Lipinski definition) is 5. The van der Waals surface area contributed by atoms with Crippen molar-refractivity contribution in [1.29, 1.82) is 5.41 Å². The average molecular weight is 623 g/mol. The van der Waals surface area contributed by atoms with E-state index in [0.29, 0.717) is 24.3 Å². The molecule has 41 heavy (non-hydrogen) atoms. The van der Waals surface area contributed by atoms with E-state index >= 15 is 0 Å². The number of esters is 1. The van der Waals surface area contributed by atoms with E-state index in [0.717, 1.165) is 27.7 Å². The first-order valence-corrected chi connectivity index (χ1v) is 13.6. The molecule has 0 radical (unpaired) electrons. The molecule has 0 saturated carbocycles. The predicted molar refractivity (Wildman–Crippen MR) is 167 cm³/mol. The molecule has 0 saturated heterocycles. The van der Waals surface area contributed by atoms with E-state index in [-0.39, 0.29) is 57.5 Å². The summed E-state index contributed by atoms with van der Waals surface area (Å²) in [4.78, 5) is 26.0. The van der Waals surface area contributed by atoms with Crippen molar-refractivity contribution in [1.82, 2.24) is 9.13 Å². The van der Waals surface area contributed by atoms with E-state index in [2.05, 4.69) is 0 Å². The van der Waals surface area contributed by atoms with Crippen LogP contribution in [0.4, 0.5) is 0 Å². The number of fused-ring (bicyclic) bond motifs is 1. The number of benzene rings is 3. The lowest BCUT2D eigenvalue weighted by Crippen LogP contribution is -2.28. The van der Waals surface area contributed by atoms with Crippen molar-refractivity contribution < 1.29 is 19.4 Å². The van der Waals surface area contributed by atoms with Gasteiger partial charge in [-0.1, -0.05) is 65.8 Å². The number of ketones is 1. The highest BCUT2D eigenvalue weighted by atomic mass is 79.9. The molecule has 2 N–H and O–H groups in total. The van der Waals surface area contributed by atoms with Crippen molar-refractivity contribution in [2.45, 2.75) is 72.4 Å². The largest absolute Gasteiger partial charge is 0.507 e. The monoisotopic (exact) mass is 621 g/mol. The van der Waals surface area contributed by atoms with Crippen LogP contribution in [0.25, 0.3) is 11.0 Å². The lowest BCUT2D eigenvalue weighted by atomic mass is 9.78. The smallest absolute Gasteiger partial charge is 0.338 e. The molecule has 8 heteroatoms. The number of halogens is 1. The molecule has 4 rings (SSSR count). The van der Waals surface area contributed by atoms with Gasteiger partial charge >= 0.3 is 5.97 Å². The topological polar surface area (TPSA) is 97.3 Å². The normalized spacial score (nSPS) is 11.8. The number of aromatic nitrogens is 2. The van der Waals surface area contributed by atoms with E-state index in [4.69, 9.17) is 10.1 Å². The Morgan fingerprint density at radius 1 is 0.829 bits per heavy atom. The number of ether oxygens (including phenoxy) is 1. The third-order valence-corrected chi connectivity index (χ3v) is 7.10. The average Bonchev–Trinajstić information content (AvgIpc) is 3.13. The van der Waals surface area contributed by atoms with Crippen LogP contribution in [0.1, 0.15) is 85.9 Å². The second kappa shape index (κ2) is 12.1. The van der Waals surface area contributed by atoms with Gasteiger partial charge in [-0.15, -0.1) is 17.0 Å². The molecule has 0 aliphatic heterocycles. The van der Waals surface area contributed by atoms with E-state index in [1.807, 2.05) is 76.4 Å². The first-order chi connectivity index (χ1) is 18.7. The number of nitrogens with one attached hydrogen (secondary N) is 1. The number of carbonyl (C=O) groups excluding carboxylic acids is 2. The van der Waals surface area contributed by atoms with Crippen molar-refractivity contribution in [3.05, 3.63) is 94.1 Å². The van der Waals surface area contributed by atoms with Crippen molar-refractivity contribution >= 4 is 39.8 Å². The molecule has 0 spiro atoms. The number of imidazole rings is 1. The number of nitrogens with zero attached hydrogens (tertiary/aromatic N) is 2. The number of phenolic OH excluding ortho intramolecular Hbond substituents is 1. The van der Waals surface area contributed by atoms with Crippen LogP contribution < -0.4 is 5.62 Å². The standard InChI is InChI=1S/C33H39N3O4.BrH/c1-8-40-30(39)22-13-11-12-21(16-22)19-35-26-14-9-10-15-27(26)36(31(35)34)20-28(37)23-17-24(32(2,3)4)29(38)25(18-23)33(5,6)7;/h9-18,34,38H,8,19-20H2,1-7H3;1H. The minimum atomic E-state index is -0.383. The van der Waals surface area contributed by atoms with Gasteiger partial charge in [-0.25, -0.2) is 4.79 Å². The number of phenols is 1. The number of rotatable bonds is 7. The van der Waals surface area contributed by atoms with Crippen LogP contribution in [-0.4, -0.2) is 32.6 Å². The van der Waals surface area contributed by atoms with E-state index in [1.165, 1.54) is 0 Å². The number of carbonyl (C=O) groups is 2.